The lowest BCUT2D eigenvalue weighted by atomic mass is 10.2. The summed E-state index contributed by atoms with van der Waals surface area (Å²) in [5.74, 6) is -0.238. The third kappa shape index (κ3) is 3.25. The van der Waals surface area contributed by atoms with Crippen molar-refractivity contribution in [1.82, 2.24) is 10.1 Å². The Kier molecular flexibility index (Phi) is 3.79. The number of pyridine rings is 1. The van der Waals surface area contributed by atoms with Crippen LogP contribution in [-0.2, 0) is 12.7 Å². The molecule has 0 aromatic carbocycles. The number of aryl methyl sites for hydroxylation is 1. The van der Waals surface area contributed by atoms with E-state index in [4.69, 9.17) is 4.52 Å². The Labute approximate surface area is 115 Å². The van der Waals surface area contributed by atoms with Crippen LogP contribution in [0.25, 0.3) is 0 Å². The van der Waals surface area contributed by atoms with Gasteiger partial charge in [0.15, 0.2) is 0 Å². The second kappa shape index (κ2) is 5.20. The molecule has 2 aromatic heterocycles. The number of anilines is 1. The maximum atomic E-state index is 12.8. The van der Waals surface area contributed by atoms with Gasteiger partial charge in [-0.15, -0.1) is 0 Å². The highest BCUT2D eigenvalue weighted by atomic mass is 79.9. The lowest BCUT2D eigenvalue weighted by Gasteiger charge is -2.13. The monoisotopic (exact) mass is 335 g/mol. The molecule has 0 bridgehead atoms. The van der Waals surface area contributed by atoms with Crippen LogP contribution >= 0.6 is 15.9 Å². The van der Waals surface area contributed by atoms with Crippen molar-refractivity contribution in [2.45, 2.75) is 19.6 Å². The van der Waals surface area contributed by atoms with E-state index >= 15 is 0 Å². The fraction of sp³-hybridized carbons (Fsp3) is 0.273. The van der Waals surface area contributed by atoms with Crippen LogP contribution in [0.4, 0.5) is 19.0 Å². The van der Waals surface area contributed by atoms with Crippen LogP contribution < -0.4 is 5.32 Å². The highest BCUT2D eigenvalue weighted by Crippen LogP contribution is 2.35. The lowest BCUT2D eigenvalue weighted by molar-refractivity contribution is -0.137. The highest BCUT2D eigenvalue weighted by molar-refractivity contribution is 9.10. The molecule has 0 amide bonds. The minimum atomic E-state index is -4.47. The molecule has 0 fully saturated rings. The number of nitrogens with zero attached hydrogens (tertiary/aromatic N) is 2. The molecule has 0 saturated heterocycles. The number of halogens is 4. The molecule has 8 heteroatoms. The van der Waals surface area contributed by atoms with E-state index < -0.39 is 11.7 Å². The Morgan fingerprint density at radius 2 is 2.16 bits per heavy atom. The normalized spacial score (nSPS) is 11.6. The predicted molar refractivity (Wildman–Crippen MR) is 65.5 cm³/mol. The molecule has 2 heterocycles. The van der Waals surface area contributed by atoms with Crippen molar-refractivity contribution in [3.63, 3.8) is 0 Å². The van der Waals surface area contributed by atoms with Gasteiger partial charge in [-0.25, -0.2) is 4.98 Å². The van der Waals surface area contributed by atoms with Crippen molar-refractivity contribution in [3.05, 3.63) is 39.8 Å². The van der Waals surface area contributed by atoms with Crippen LogP contribution in [0.1, 0.15) is 16.8 Å². The summed E-state index contributed by atoms with van der Waals surface area (Å²) in [4.78, 5) is 3.74. The first-order valence-corrected chi connectivity index (χ1v) is 6.03. The molecule has 102 valence electrons. The van der Waals surface area contributed by atoms with Gasteiger partial charge >= 0.3 is 6.18 Å². The molecule has 0 atom stereocenters. The Hall–Kier alpha value is -1.57. The van der Waals surface area contributed by atoms with Crippen molar-refractivity contribution in [3.8, 4) is 0 Å². The number of alkyl halides is 3. The standard InChI is InChI=1S/C11H9BrF3N3O/c1-6-5-19-18-9(6)4-17-10-8(11(13,14)15)2-7(12)3-16-10/h2-3,5H,4H2,1H3,(H,16,17). The smallest absolute Gasteiger partial charge is 0.364 e. The highest BCUT2D eigenvalue weighted by Gasteiger charge is 2.34. The Morgan fingerprint density at radius 3 is 2.74 bits per heavy atom. The molecule has 1 N–H and O–H groups in total. The van der Waals surface area contributed by atoms with E-state index in [1.54, 1.807) is 6.92 Å². The van der Waals surface area contributed by atoms with E-state index in [0.29, 0.717) is 5.69 Å². The average molecular weight is 336 g/mol. The Balaban J connectivity index is 2.23. The molecule has 0 spiro atoms. The molecule has 0 saturated carbocycles. The number of aromatic nitrogens is 2. The van der Waals surface area contributed by atoms with Crippen LogP contribution in [0.3, 0.4) is 0 Å². The average Bonchev–Trinajstić information content (AvgIpc) is 2.72. The van der Waals surface area contributed by atoms with E-state index in [1.165, 1.54) is 12.5 Å². The molecule has 0 aliphatic carbocycles. The number of rotatable bonds is 3. The SMILES string of the molecule is Cc1conc1CNc1ncc(Br)cc1C(F)(F)F. The van der Waals surface area contributed by atoms with E-state index in [0.717, 1.165) is 11.6 Å². The Bertz CT molecular complexity index is 583. The second-order valence-electron chi connectivity index (χ2n) is 3.85. The molecule has 0 unspecified atom stereocenters. The van der Waals surface area contributed by atoms with Crippen LogP contribution in [0.2, 0.25) is 0 Å². The summed E-state index contributed by atoms with van der Waals surface area (Å²) in [5.41, 5.74) is 0.471. The zero-order chi connectivity index (χ0) is 14.0. The topological polar surface area (TPSA) is 51.0 Å². The zero-order valence-electron chi connectivity index (χ0n) is 9.75. The third-order valence-electron chi connectivity index (χ3n) is 2.43. The third-order valence-corrected chi connectivity index (χ3v) is 2.86. The maximum Gasteiger partial charge on any atom is 0.419 e. The number of nitrogens with one attached hydrogen (secondary N) is 1. The molecule has 4 nitrogen and oxygen atoms in total. The summed E-state index contributed by atoms with van der Waals surface area (Å²) in [6, 6.07) is 0.977. The predicted octanol–water partition coefficient (Wildman–Crippen LogP) is 3.77. The lowest BCUT2D eigenvalue weighted by Crippen LogP contribution is -2.12. The summed E-state index contributed by atoms with van der Waals surface area (Å²) in [6.07, 6.45) is -1.75. The van der Waals surface area contributed by atoms with Gasteiger partial charge in [0.1, 0.15) is 17.8 Å². The summed E-state index contributed by atoms with van der Waals surface area (Å²) >= 11 is 2.97. The zero-order valence-corrected chi connectivity index (χ0v) is 11.3. The van der Waals surface area contributed by atoms with Crippen LogP contribution in [0.5, 0.6) is 0 Å². The van der Waals surface area contributed by atoms with Gasteiger partial charge in [-0.05, 0) is 28.9 Å². The van der Waals surface area contributed by atoms with Crippen LogP contribution in [-0.4, -0.2) is 10.1 Å². The van der Waals surface area contributed by atoms with Crippen molar-refractivity contribution in [2.24, 2.45) is 0 Å². The van der Waals surface area contributed by atoms with Gasteiger partial charge in [-0.1, -0.05) is 5.16 Å². The van der Waals surface area contributed by atoms with Crippen molar-refractivity contribution < 1.29 is 17.7 Å². The first-order valence-electron chi connectivity index (χ1n) is 5.24. The summed E-state index contributed by atoms with van der Waals surface area (Å²) in [5, 5.41) is 6.30. The van der Waals surface area contributed by atoms with E-state index in [9.17, 15) is 13.2 Å². The number of hydrogen-bond acceptors (Lipinski definition) is 4. The second-order valence-corrected chi connectivity index (χ2v) is 4.76. The molecule has 0 radical (unpaired) electrons. The first kappa shape index (κ1) is 13.9. The first-order chi connectivity index (χ1) is 8.88. The molecule has 2 rings (SSSR count). The van der Waals surface area contributed by atoms with E-state index in [-0.39, 0.29) is 16.8 Å². The van der Waals surface area contributed by atoms with Crippen molar-refractivity contribution in [1.29, 1.82) is 0 Å². The van der Waals surface area contributed by atoms with Gasteiger partial charge in [0.2, 0.25) is 0 Å². The summed E-state index contributed by atoms with van der Waals surface area (Å²) < 4.78 is 43.5. The molecule has 2 aromatic rings. The molecule has 0 aliphatic heterocycles. The molecule has 19 heavy (non-hydrogen) atoms. The molecular formula is C11H9BrF3N3O. The van der Waals surface area contributed by atoms with E-state index in [1.807, 2.05) is 0 Å². The maximum absolute atomic E-state index is 12.8. The van der Waals surface area contributed by atoms with Gasteiger partial charge in [0.05, 0.1) is 12.1 Å². The summed E-state index contributed by atoms with van der Waals surface area (Å²) in [7, 11) is 0. The fourth-order valence-electron chi connectivity index (χ4n) is 1.44. The van der Waals surface area contributed by atoms with Gasteiger partial charge in [0.25, 0.3) is 0 Å². The number of hydrogen-bond donors (Lipinski definition) is 1. The largest absolute Gasteiger partial charge is 0.419 e. The minimum Gasteiger partial charge on any atom is -0.364 e. The quantitative estimate of drug-likeness (QED) is 0.927. The summed E-state index contributed by atoms with van der Waals surface area (Å²) in [6.45, 7) is 1.87. The van der Waals surface area contributed by atoms with Gasteiger partial charge < -0.3 is 9.84 Å². The van der Waals surface area contributed by atoms with Gasteiger partial charge in [-0.3, -0.25) is 0 Å². The van der Waals surface area contributed by atoms with Crippen molar-refractivity contribution >= 4 is 21.7 Å². The van der Waals surface area contributed by atoms with E-state index in [2.05, 4.69) is 31.4 Å². The Morgan fingerprint density at radius 1 is 1.42 bits per heavy atom. The van der Waals surface area contributed by atoms with Crippen LogP contribution in [0, 0.1) is 6.92 Å². The van der Waals surface area contributed by atoms with Crippen LogP contribution in [0.15, 0.2) is 27.5 Å². The minimum absolute atomic E-state index is 0.111. The van der Waals surface area contributed by atoms with Crippen molar-refractivity contribution in [2.75, 3.05) is 5.32 Å². The van der Waals surface area contributed by atoms with Gasteiger partial charge in [-0.2, -0.15) is 13.2 Å². The molecule has 0 aliphatic rings. The molecular weight excluding hydrogens is 327 g/mol. The fourth-order valence-corrected chi connectivity index (χ4v) is 1.78. The van der Waals surface area contributed by atoms with Gasteiger partial charge in [0, 0.05) is 16.2 Å².